The molecule has 4 atom stereocenters. The first-order chi connectivity index (χ1) is 9.52. The molecule has 120 valence electrons. The van der Waals surface area contributed by atoms with Crippen LogP contribution in [-0.4, -0.2) is 74.3 Å². The maximum absolute atomic E-state index is 11.9. The van der Waals surface area contributed by atoms with Crippen LogP contribution in [0.4, 0.5) is 0 Å². The molecule has 0 fully saturated rings. The topological polar surface area (TPSA) is 158 Å². The predicted molar refractivity (Wildman–Crippen MR) is 66.0 cm³/mol. The fourth-order valence-electron chi connectivity index (χ4n) is 1.73. The summed E-state index contributed by atoms with van der Waals surface area (Å²) in [5.74, 6) is -5.13. The number of ketones is 3. The van der Waals surface area contributed by atoms with Crippen molar-refractivity contribution in [1.82, 2.24) is 0 Å². The van der Waals surface area contributed by atoms with Gasteiger partial charge in [0.1, 0.15) is 18.3 Å². The van der Waals surface area contributed by atoms with Gasteiger partial charge < -0.3 is 25.2 Å². The summed E-state index contributed by atoms with van der Waals surface area (Å²) >= 11 is 0. The van der Waals surface area contributed by atoms with Crippen molar-refractivity contribution in [2.75, 3.05) is 6.61 Å². The first kappa shape index (κ1) is 19.3. The van der Waals surface area contributed by atoms with Gasteiger partial charge in [-0.1, -0.05) is 0 Å². The van der Waals surface area contributed by atoms with Gasteiger partial charge in [-0.05, 0) is 6.92 Å². The molecule has 0 aromatic heterocycles. The number of hydrogen-bond donors (Lipinski definition) is 4. The first-order valence-electron chi connectivity index (χ1n) is 5.93. The highest BCUT2D eigenvalue weighted by molar-refractivity contribution is 6.44. The molecule has 9 heteroatoms. The Labute approximate surface area is 120 Å². The van der Waals surface area contributed by atoms with Gasteiger partial charge in [-0.2, -0.15) is 0 Å². The molecule has 21 heavy (non-hydrogen) atoms. The fraction of sp³-hybridized carbons (Fsp3) is 0.667. The lowest BCUT2D eigenvalue weighted by atomic mass is 9.81. The summed E-state index contributed by atoms with van der Waals surface area (Å²) in [5.41, 5.74) is -2.98. The van der Waals surface area contributed by atoms with Crippen molar-refractivity contribution < 1.29 is 44.3 Å². The minimum Gasteiger partial charge on any atom is -0.440 e. The normalized spacial score (nSPS) is 18.0. The Kier molecular flexibility index (Phi) is 6.77. The van der Waals surface area contributed by atoms with Crippen LogP contribution >= 0.6 is 0 Å². The summed E-state index contributed by atoms with van der Waals surface area (Å²) in [7, 11) is 0. The number of esters is 1. The quantitative estimate of drug-likeness (QED) is 0.210. The molecule has 0 radical (unpaired) electrons. The number of carbonyl (C=O) groups is 4. The van der Waals surface area contributed by atoms with Crippen molar-refractivity contribution in [3.8, 4) is 0 Å². The van der Waals surface area contributed by atoms with Gasteiger partial charge in [0.2, 0.25) is 0 Å². The molecule has 0 saturated heterocycles. The first-order valence-corrected chi connectivity index (χ1v) is 5.93. The minimum absolute atomic E-state index is 0.769. The molecule has 0 spiro atoms. The van der Waals surface area contributed by atoms with Gasteiger partial charge in [-0.25, -0.2) is 0 Å². The van der Waals surface area contributed by atoms with Crippen LogP contribution in [0.25, 0.3) is 0 Å². The standard InChI is InChI=1S/C12H18O9/c1-5(14)10(19)12(6(2)15,21-7(3)16)11(20)9(18)8(17)4-13/h8-9,11,13,17-18,20H,4H2,1-3H3/t8-,9+,11+,12+/m1/s1. The molecule has 0 heterocycles. The van der Waals surface area contributed by atoms with E-state index in [2.05, 4.69) is 4.74 Å². The molecular formula is C12H18O9. The molecular weight excluding hydrogens is 288 g/mol. The number of hydrogen-bond acceptors (Lipinski definition) is 9. The fourth-order valence-corrected chi connectivity index (χ4v) is 1.73. The monoisotopic (exact) mass is 306 g/mol. The highest BCUT2D eigenvalue weighted by Gasteiger charge is 2.57. The number of Topliss-reactive ketones (excluding diaryl/α,β-unsaturated/α-hetero) is 3. The van der Waals surface area contributed by atoms with E-state index >= 15 is 0 Å². The van der Waals surface area contributed by atoms with Crippen molar-refractivity contribution in [1.29, 1.82) is 0 Å². The van der Waals surface area contributed by atoms with E-state index in [4.69, 9.17) is 5.11 Å². The molecule has 0 saturated carbocycles. The molecule has 0 amide bonds. The molecule has 0 unspecified atom stereocenters. The highest BCUT2D eigenvalue weighted by atomic mass is 16.6. The molecule has 4 N–H and O–H groups in total. The molecule has 0 aliphatic carbocycles. The molecule has 0 bridgehead atoms. The lowest BCUT2D eigenvalue weighted by Gasteiger charge is -2.36. The smallest absolute Gasteiger partial charge is 0.304 e. The summed E-state index contributed by atoms with van der Waals surface area (Å²) in [6.45, 7) is 1.38. The molecule has 0 aliphatic heterocycles. The van der Waals surface area contributed by atoms with Gasteiger partial charge in [0.25, 0.3) is 11.4 Å². The zero-order chi connectivity index (χ0) is 17.0. The van der Waals surface area contributed by atoms with Crippen LogP contribution in [0.15, 0.2) is 0 Å². The number of ether oxygens (including phenoxy) is 1. The highest BCUT2D eigenvalue weighted by Crippen LogP contribution is 2.24. The van der Waals surface area contributed by atoms with Crippen LogP contribution in [0.1, 0.15) is 20.8 Å². The van der Waals surface area contributed by atoms with Crippen LogP contribution in [-0.2, 0) is 23.9 Å². The Morgan fingerprint density at radius 2 is 1.52 bits per heavy atom. The van der Waals surface area contributed by atoms with E-state index in [1.54, 1.807) is 0 Å². The van der Waals surface area contributed by atoms with E-state index in [0.717, 1.165) is 20.8 Å². The second-order valence-corrected chi connectivity index (χ2v) is 4.46. The van der Waals surface area contributed by atoms with Gasteiger partial charge in [0.15, 0.2) is 11.6 Å². The lowest BCUT2D eigenvalue weighted by Crippen LogP contribution is -2.65. The van der Waals surface area contributed by atoms with Gasteiger partial charge in [-0.3, -0.25) is 19.2 Å². The second-order valence-electron chi connectivity index (χ2n) is 4.46. The van der Waals surface area contributed by atoms with Crippen molar-refractivity contribution >= 4 is 23.3 Å². The molecule has 0 aliphatic rings. The average molecular weight is 306 g/mol. The van der Waals surface area contributed by atoms with Gasteiger partial charge >= 0.3 is 5.97 Å². The number of aliphatic hydroxyl groups excluding tert-OH is 4. The second kappa shape index (κ2) is 7.36. The average Bonchev–Trinajstić information content (AvgIpc) is 2.40. The van der Waals surface area contributed by atoms with Crippen molar-refractivity contribution in [3.05, 3.63) is 0 Å². The Morgan fingerprint density at radius 1 is 1.05 bits per heavy atom. The van der Waals surface area contributed by atoms with Crippen molar-refractivity contribution in [3.63, 3.8) is 0 Å². The van der Waals surface area contributed by atoms with Crippen LogP contribution < -0.4 is 0 Å². The summed E-state index contributed by atoms with van der Waals surface area (Å²) < 4.78 is 4.54. The van der Waals surface area contributed by atoms with E-state index in [1.807, 2.05) is 0 Å². The van der Waals surface area contributed by atoms with Crippen molar-refractivity contribution in [2.24, 2.45) is 0 Å². The largest absolute Gasteiger partial charge is 0.440 e. The van der Waals surface area contributed by atoms with Crippen LogP contribution in [0.2, 0.25) is 0 Å². The Bertz CT molecular complexity index is 444. The number of carbonyl (C=O) groups excluding carboxylic acids is 4. The molecule has 9 nitrogen and oxygen atoms in total. The summed E-state index contributed by atoms with van der Waals surface area (Å²) in [6, 6.07) is 0. The molecule has 0 aromatic carbocycles. The van der Waals surface area contributed by atoms with Gasteiger partial charge in [0, 0.05) is 13.8 Å². The Hall–Kier alpha value is -1.68. The van der Waals surface area contributed by atoms with E-state index in [1.165, 1.54) is 0 Å². The van der Waals surface area contributed by atoms with Gasteiger partial charge in [0.05, 0.1) is 6.61 Å². The lowest BCUT2D eigenvalue weighted by molar-refractivity contribution is -0.197. The minimum atomic E-state index is -2.98. The SMILES string of the molecule is CC(=O)O[C@@](C(C)=O)(C(=O)C(C)=O)[C@@H](O)[C@@H](O)[C@H](O)CO. The third-order valence-electron chi connectivity index (χ3n) is 2.81. The number of aliphatic hydroxyl groups is 4. The number of rotatable bonds is 8. The van der Waals surface area contributed by atoms with Crippen LogP contribution in [0.3, 0.4) is 0 Å². The summed E-state index contributed by atoms with van der Waals surface area (Å²) in [6.07, 6.45) is -6.56. The van der Waals surface area contributed by atoms with Crippen LogP contribution in [0, 0.1) is 0 Å². The maximum atomic E-state index is 11.9. The maximum Gasteiger partial charge on any atom is 0.304 e. The summed E-state index contributed by atoms with van der Waals surface area (Å²) in [5, 5.41) is 37.6. The van der Waals surface area contributed by atoms with Crippen LogP contribution in [0.5, 0.6) is 0 Å². The zero-order valence-electron chi connectivity index (χ0n) is 11.8. The van der Waals surface area contributed by atoms with E-state index < -0.39 is 53.8 Å². The Morgan fingerprint density at radius 3 is 1.81 bits per heavy atom. The zero-order valence-corrected chi connectivity index (χ0v) is 11.8. The predicted octanol–water partition coefficient (Wildman–Crippen LogP) is -2.89. The van der Waals surface area contributed by atoms with E-state index in [9.17, 15) is 34.5 Å². The van der Waals surface area contributed by atoms with E-state index in [-0.39, 0.29) is 0 Å². The third kappa shape index (κ3) is 3.91. The third-order valence-corrected chi connectivity index (χ3v) is 2.81. The summed E-state index contributed by atoms with van der Waals surface area (Å²) in [4.78, 5) is 46.0. The Balaban J connectivity index is 5.99. The van der Waals surface area contributed by atoms with Crippen molar-refractivity contribution in [2.45, 2.75) is 44.7 Å². The van der Waals surface area contributed by atoms with Gasteiger partial charge in [-0.15, -0.1) is 0 Å². The van der Waals surface area contributed by atoms with E-state index in [0.29, 0.717) is 0 Å². The molecule has 0 rings (SSSR count). The molecule has 0 aromatic rings.